The van der Waals surface area contributed by atoms with Gasteiger partial charge in [-0.3, -0.25) is 4.79 Å². The van der Waals surface area contributed by atoms with Gasteiger partial charge in [-0.15, -0.1) is 0 Å². The van der Waals surface area contributed by atoms with E-state index in [-0.39, 0.29) is 5.75 Å². The summed E-state index contributed by atoms with van der Waals surface area (Å²) >= 11 is 0. The number of carbonyl (C=O) groups excluding carboxylic acids is 1. The van der Waals surface area contributed by atoms with Gasteiger partial charge < -0.3 is 24.9 Å². The van der Waals surface area contributed by atoms with Crippen molar-refractivity contribution >= 4 is 17.4 Å². The fourth-order valence-corrected chi connectivity index (χ4v) is 2.47. The van der Waals surface area contributed by atoms with Crippen LogP contribution in [0.3, 0.4) is 0 Å². The Morgan fingerprint density at radius 2 is 1.69 bits per heavy atom. The van der Waals surface area contributed by atoms with Crippen LogP contribution < -0.4 is 14.8 Å². The van der Waals surface area contributed by atoms with Gasteiger partial charge in [-0.05, 0) is 65.4 Å². The van der Waals surface area contributed by atoms with Gasteiger partial charge >= 0.3 is 5.82 Å². The molecule has 0 spiro atoms. The first-order valence-corrected chi connectivity index (χ1v) is 8.85. The summed E-state index contributed by atoms with van der Waals surface area (Å²) in [6.45, 7) is 3.14. The van der Waals surface area contributed by atoms with Crippen molar-refractivity contribution in [3.63, 3.8) is 0 Å². The minimum Gasteiger partial charge on any atom is -0.473 e. The van der Waals surface area contributed by atoms with E-state index in [2.05, 4.69) is 10.3 Å². The number of nitrogens with zero attached hydrogens (tertiary/aromatic N) is 2. The Morgan fingerprint density at radius 3 is 2.34 bits per heavy atom. The van der Waals surface area contributed by atoms with Gasteiger partial charge in [-0.25, -0.2) is 0 Å². The van der Waals surface area contributed by atoms with Crippen LogP contribution in [0, 0.1) is 17.0 Å². The number of rotatable bonds is 7. The number of ether oxygens (including phenoxy) is 2. The number of carbonyl (C=O) groups is 1. The molecular formula is C21H19N3O5. The highest BCUT2D eigenvalue weighted by atomic mass is 16.6. The molecule has 8 nitrogen and oxygen atoms in total. The summed E-state index contributed by atoms with van der Waals surface area (Å²) in [4.78, 5) is 26.7. The Bertz CT molecular complexity index is 1010. The Hall–Kier alpha value is -3.94. The molecule has 1 atom stereocenters. The van der Waals surface area contributed by atoms with Crippen molar-refractivity contribution in [2.45, 2.75) is 20.0 Å². The number of hydrogen-bond donors (Lipinski definition) is 1. The summed E-state index contributed by atoms with van der Waals surface area (Å²) in [5.74, 6) is 0.401. The largest absolute Gasteiger partial charge is 0.473 e. The summed E-state index contributed by atoms with van der Waals surface area (Å²) in [5, 5.41) is 13.8. The molecule has 148 valence electrons. The van der Waals surface area contributed by atoms with Crippen LogP contribution in [0.5, 0.6) is 17.2 Å². The third kappa shape index (κ3) is 5.29. The van der Waals surface area contributed by atoms with E-state index in [1.54, 1.807) is 37.3 Å². The lowest BCUT2D eigenvalue weighted by Crippen LogP contribution is -2.30. The number of amides is 1. The molecule has 0 saturated carbocycles. The number of hydrogen-bond acceptors (Lipinski definition) is 6. The summed E-state index contributed by atoms with van der Waals surface area (Å²) in [6.07, 6.45) is -0.960. The fourth-order valence-electron chi connectivity index (χ4n) is 2.47. The van der Waals surface area contributed by atoms with E-state index in [1.165, 1.54) is 13.0 Å². The van der Waals surface area contributed by atoms with Crippen LogP contribution in [0.15, 0.2) is 66.7 Å². The van der Waals surface area contributed by atoms with Crippen LogP contribution in [0.4, 0.5) is 11.5 Å². The van der Waals surface area contributed by atoms with Crippen molar-refractivity contribution in [3.05, 3.63) is 82.5 Å². The average molecular weight is 393 g/mol. The van der Waals surface area contributed by atoms with E-state index < -0.39 is 22.8 Å². The monoisotopic (exact) mass is 393 g/mol. The lowest BCUT2D eigenvalue weighted by Gasteiger charge is -2.15. The lowest BCUT2D eigenvalue weighted by molar-refractivity contribution is -0.390. The van der Waals surface area contributed by atoms with Crippen molar-refractivity contribution in [1.29, 1.82) is 0 Å². The van der Waals surface area contributed by atoms with Gasteiger partial charge in [0.15, 0.2) is 6.10 Å². The van der Waals surface area contributed by atoms with Crippen LogP contribution in [-0.4, -0.2) is 21.9 Å². The molecule has 3 rings (SSSR count). The van der Waals surface area contributed by atoms with Gasteiger partial charge in [0.25, 0.3) is 5.91 Å². The maximum absolute atomic E-state index is 12.4. The SMILES string of the molecule is Cc1ccc(O[C@@H](C)C(=O)Nc2ccc(Oc3ccccc3)cc2)c([N+](=O)[O-])n1. The minimum atomic E-state index is -0.960. The van der Waals surface area contributed by atoms with Gasteiger partial charge in [0.05, 0.1) is 0 Å². The molecule has 1 N–H and O–H groups in total. The van der Waals surface area contributed by atoms with Crippen LogP contribution in [-0.2, 0) is 4.79 Å². The van der Waals surface area contributed by atoms with E-state index >= 15 is 0 Å². The van der Waals surface area contributed by atoms with Crippen molar-refractivity contribution in [3.8, 4) is 17.2 Å². The van der Waals surface area contributed by atoms with Crippen LogP contribution in [0.1, 0.15) is 12.6 Å². The Balaban J connectivity index is 1.62. The average Bonchev–Trinajstić information content (AvgIpc) is 2.71. The summed E-state index contributed by atoms with van der Waals surface area (Å²) < 4.78 is 11.2. The highest BCUT2D eigenvalue weighted by Gasteiger charge is 2.23. The molecule has 1 amide bonds. The predicted octanol–water partition coefficient (Wildman–Crippen LogP) is 4.50. The second-order valence-electron chi connectivity index (χ2n) is 6.22. The smallest absolute Gasteiger partial charge is 0.406 e. The topological polar surface area (TPSA) is 104 Å². The number of anilines is 1. The van der Waals surface area contributed by atoms with E-state index in [4.69, 9.17) is 9.47 Å². The summed E-state index contributed by atoms with van der Waals surface area (Å²) in [5.41, 5.74) is 1.03. The maximum atomic E-state index is 12.4. The second kappa shape index (κ2) is 8.83. The normalized spacial score (nSPS) is 11.4. The molecule has 0 unspecified atom stereocenters. The van der Waals surface area contributed by atoms with Gasteiger partial charge in [-0.2, -0.15) is 0 Å². The van der Waals surface area contributed by atoms with Crippen molar-refractivity contribution in [2.24, 2.45) is 0 Å². The lowest BCUT2D eigenvalue weighted by atomic mass is 10.2. The number of aromatic nitrogens is 1. The second-order valence-corrected chi connectivity index (χ2v) is 6.22. The summed E-state index contributed by atoms with van der Waals surface area (Å²) in [6, 6.07) is 19.2. The molecule has 2 aromatic carbocycles. The maximum Gasteiger partial charge on any atom is 0.406 e. The van der Waals surface area contributed by atoms with E-state index in [9.17, 15) is 14.9 Å². The van der Waals surface area contributed by atoms with Crippen molar-refractivity contribution in [2.75, 3.05) is 5.32 Å². The Labute approximate surface area is 167 Å². The molecule has 0 aliphatic heterocycles. The van der Waals surface area contributed by atoms with E-state index in [1.807, 2.05) is 30.3 Å². The van der Waals surface area contributed by atoms with Gasteiger partial charge in [0.2, 0.25) is 5.75 Å². The van der Waals surface area contributed by atoms with Gasteiger partial charge in [0.1, 0.15) is 17.2 Å². The van der Waals surface area contributed by atoms with Gasteiger partial charge in [0, 0.05) is 12.6 Å². The fraction of sp³-hybridized carbons (Fsp3) is 0.143. The molecule has 3 aromatic rings. The quantitative estimate of drug-likeness (QED) is 0.468. The predicted molar refractivity (Wildman–Crippen MR) is 107 cm³/mol. The molecule has 0 radical (unpaired) electrons. The zero-order valence-corrected chi connectivity index (χ0v) is 15.9. The molecule has 1 heterocycles. The first-order chi connectivity index (χ1) is 13.9. The third-order valence-corrected chi connectivity index (χ3v) is 3.93. The van der Waals surface area contributed by atoms with E-state index in [0.29, 0.717) is 22.9 Å². The standard InChI is InChI=1S/C21H19N3O5/c1-14-8-13-19(20(22-14)24(26)27)28-15(2)21(25)23-16-9-11-18(12-10-16)29-17-6-4-3-5-7-17/h3-13,15H,1-2H3,(H,23,25)/t15-/m0/s1. The molecular weight excluding hydrogens is 374 g/mol. The highest BCUT2D eigenvalue weighted by Crippen LogP contribution is 2.26. The number of pyridine rings is 1. The van der Waals surface area contributed by atoms with Crippen LogP contribution in [0.2, 0.25) is 0 Å². The molecule has 1 aromatic heterocycles. The van der Waals surface area contributed by atoms with E-state index in [0.717, 1.165) is 0 Å². The first-order valence-electron chi connectivity index (χ1n) is 8.85. The van der Waals surface area contributed by atoms with Crippen LogP contribution >= 0.6 is 0 Å². The van der Waals surface area contributed by atoms with Crippen LogP contribution in [0.25, 0.3) is 0 Å². The van der Waals surface area contributed by atoms with Crippen molar-refractivity contribution < 1.29 is 19.2 Å². The van der Waals surface area contributed by atoms with Gasteiger partial charge in [-0.1, -0.05) is 18.2 Å². The minimum absolute atomic E-state index is 0.0603. The molecule has 29 heavy (non-hydrogen) atoms. The number of benzene rings is 2. The highest BCUT2D eigenvalue weighted by molar-refractivity contribution is 5.94. The third-order valence-electron chi connectivity index (χ3n) is 3.93. The number of aryl methyl sites for hydroxylation is 1. The zero-order valence-electron chi connectivity index (χ0n) is 15.9. The summed E-state index contributed by atoms with van der Waals surface area (Å²) in [7, 11) is 0. The molecule has 0 aliphatic carbocycles. The molecule has 0 aliphatic rings. The van der Waals surface area contributed by atoms with Crippen molar-refractivity contribution in [1.82, 2.24) is 4.98 Å². The molecule has 0 fully saturated rings. The molecule has 0 saturated heterocycles. The zero-order chi connectivity index (χ0) is 20.8. The number of nitro groups is 1. The number of para-hydroxylation sites is 1. The number of nitrogens with one attached hydrogen (secondary N) is 1. The first kappa shape index (κ1) is 19.8. The molecule has 8 heteroatoms. The Morgan fingerprint density at radius 1 is 1.03 bits per heavy atom. The molecule has 0 bridgehead atoms. The Kier molecular flexibility index (Phi) is 6.03.